The van der Waals surface area contributed by atoms with Gasteiger partial charge in [-0.15, -0.1) is 0 Å². The van der Waals surface area contributed by atoms with Crippen LogP contribution >= 0.6 is 0 Å². The first-order valence-corrected chi connectivity index (χ1v) is 6.48. The molecule has 0 amide bonds. The summed E-state index contributed by atoms with van der Waals surface area (Å²) in [6, 6.07) is 2.27. The average molecular weight is 249 g/mol. The van der Waals surface area contributed by atoms with Gasteiger partial charge in [0.1, 0.15) is 17.5 Å². The fourth-order valence-corrected chi connectivity index (χ4v) is 2.16. The van der Waals surface area contributed by atoms with E-state index in [0.717, 1.165) is 37.0 Å². The number of nitrogens with two attached hydrogens (primary N) is 1. The van der Waals surface area contributed by atoms with Crippen LogP contribution < -0.4 is 16.0 Å². The van der Waals surface area contributed by atoms with Crippen LogP contribution in [0.25, 0.3) is 0 Å². The maximum atomic E-state index is 5.94. The van der Waals surface area contributed by atoms with Crippen molar-refractivity contribution in [1.29, 1.82) is 0 Å². The van der Waals surface area contributed by atoms with Crippen LogP contribution in [-0.4, -0.2) is 34.6 Å². The fraction of sp³-hybridized carbons (Fsp3) is 0.692. The molecule has 0 saturated carbocycles. The van der Waals surface area contributed by atoms with Gasteiger partial charge in [-0.3, -0.25) is 0 Å². The Bertz CT molecular complexity index is 424. The second-order valence-corrected chi connectivity index (χ2v) is 6.03. The van der Waals surface area contributed by atoms with Crippen molar-refractivity contribution in [2.24, 2.45) is 5.73 Å². The lowest BCUT2D eigenvalue weighted by atomic mass is 10.1. The number of hydrogen-bond donors (Lipinski definition) is 2. The third-order valence-electron chi connectivity index (χ3n) is 2.88. The predicted octanol–water partition coefficient (Wildman–Crippen LogP) is 1.53. The highest BCUT2D eigenvalue weighted by atomic mass is 15.2. The highest BCUT2D eigenvalue weighted by molar-refractivity contribution is 5.51. The van der Waals surface area contributed by atoms with Gasteiger partial charge in [0.25, 0.3) is 0 Å². The monoisotopic (exact) mass is 249 g/mol. The van der Waals surface area contributed by atoms with E-state index in [4.69, 9.17) is 5.73 Å². The summed E-state index contributed by atoms with van der Waals surface area (Å²) < 4.78 is 0. The molecule has 2 rings (SSSR count). The van der Waals surface area contributed by atoms with E-state index in [-0.39, 0.29) is 11.6 Å². The highest BCUT2D eigenvalue weighted by Gasteiger charge is 2.21. The first-order valence-electron chi connectivity index (χ1n) is 6.48. The van der Waals surface area contributed by atoms with Crippen molar-refractivity contribution in [3.05, 3.63) is 11.9 Å². The molecule has 0 aromatic carbocycles. The van der Waals surface area contributed by atoms with E-state index in [1.807, 2.05) is 13.0 Å². The SMILES string of the molecule is Cc1nc(NC(C)(C)C)cc(N2CCC(N)C2)n1. The molecule has 100 valence electrons. The number of nitrogens with one attached hydrogen (secondary N) is 1. The van der Waals surface area contributed by atoms with Crippen molar-refractivity contribution in [3.8, 4) is 0 Å². The maximum Gasteiger partial charge on any atom is 0.134 e. The zero-order chi connectivity index (χ0) is 13.3. The van der Waals surface area contributed by atoms with Gasteiger partial charge >= 0.3 is 0 Å². The van der Waals surface area contributed by atoms with Crippen LogP contribution in [0.5, 0.6) is 0 Å². The fourth-order valence-electron chi connectivity index (χ4n) is 2.16. The van der Waals surface area contributed by atoms with Crippen LogP contribution in [0.3, 0.4) is 0 Å². The van der Waals surface area contributed by atoms with E-state index < -0.39 is 0 Å². The zero-order valence-corrected chi connectivity index (χ0v) is 11.7. The van der Waals surface area contributed by atoms with Gasteiger partial charge in [0, 0.05) is 30.7 Å². The molecule has 0 aliphatic carbocycles. The van der Waals surface area contributed by atoms with Gasteiger partial charge in [0.05, 0.1) is 0 Å². The van der Waals surface area contributed by atoms with Crippen LogP contribution in [-0.2, 0) is 0 Å². The van der Waals surface area contributed by atoms with Gasteiger partial charge in [0.15, 0.2) is 0 Å². The zero-order valence-electron chi connectivity index (χ0n) is 11.7. The van der Waals surface area contributed by atoms with Crippen molar-refractivity contribution in [2.45, 2.75) is 45.7 Å². The Labute approximate surface area is 109 Å². The van der Waals surface area contributed by atoms with E-state index in [1.165, 1.54) is 0 Å². The van der Waals surface area contributed by atoms with E-state index in [1.54, 1.807) is 0 Å². The summed E-state index contributed by atoms with van der Waals surface area (Å²) >= 11 is 0. The topological polar surface area (TPSA) is 67.1 Å². The minimum absolute atomic E-state index is 0.000520. The van der Waals surface area contributed by atoms with Gasteiger partial charge in [-0.1, -0.05) is 0 Å². The lowest BCUT2D eigenvalue weighted by molar-refractivity contribution is 0.629. The summed E-state index contributed by atoms with van der Waals surface area (Å²) in [5.41, 5.74) is 5.94. The van der Waals surface area contributed by atoms with E-state index in [0.29, 0.717) is 0 Å². The predicted molar refractivity (Wildman–Crippen MR) is 75.0 cm³/mol. The Balaban J connectivity index is 2.21. The maximum absolute atomic E-state index is 5.94. The molecule has 0 spiro atoms. The largest absolute Gasteiger partial charge is 0.365 e. The molecule has 0 radical (unpaired) electrons. The summed E-state index contributed by atoms with van der Waals surface area (Å²) in [7, 11) is 0. The summed E-state index contributed by atoms with van der Waals surface area (Å²) in [5.74, 6) is 2.65. The summed E-state index contributed by atoms with van der Waals surface area (Å²) in [4.78, 5) is 11.2. The van der Waals surface area contributed by atoms with Crippen molar-refractivity contribution in [1.82, 2.24) is 9.97 Å². The van der Waals surface area contributed by atoms with Crippen LogP contribution in [0.15, 0.2) is 6.07 Å². The molecule has 2 heterocycles. The third kappa shape index (κ3) is 3.32. The second kappa shape index (κ2) is 4.72. The minimum Gasteiger partial charge on any atom is -0.365 e. The Hall–Kier alpha value is -1.36. The lowest BCUT2D eigenvalue weighted by Crippen LogP contribution is -2.29. The number of aromatic nitrogens is 2. The molecular weight excluding hydrogens is 226 g/mol. The van der Waals surface area contributed by atoms with Crippen LogP contribution in [0.1, 0.15) is 33.0 Å². The quantitative estimate of drug-likeness (QED) is 0.832. The van der Waals surface area contributed by atoms with Gasteiger partial charge in [-0.25, -0.2) is 9.97 Å². The van der Waals surface area contributed by atoms with E-state index >= 15 is 0 Å². The molecule has 1 unspecified atom stereocenters. The number of rotatable bonds is 2. The molecule has 3 N–H and O–H groups in total. The molecule has 5 nitrogen and oxygen atoms in total. The van der Waals surface area contributed by atoms with Gasteiger partial charge in [-0.2, -0.15) is 0 Å². The molecule has 1 atom stereocenters. The first kappa shape index (κ1) is 13.1. The molecule has 0 bridgehead atoms. The molecule has 1 aromatic rings. The summed E-state index contributed by atoms with van der Waals surface area (Å²) in [6.07, 6.45) is 1.03. The normalized spacial score (nSPS) is 20.3. The Morgan fingerprint density at radius 3 is 2.67 bits per heavy atom. The number of nitrogens with zero attached hydrogens (tertiary/aromatic N) is 3. The second-order valence-electron chi connectivity index (χ2n) is 6.03. The smallest absolute Gasteiger partial charge is 0.134 e. The molecule has 1 aromatic heterocycles. The molecule has 1 saturated heterocycles. The minimum atomic E-state index is -0.000520. The molecule has 1 fully saturated rings. The average Bonchev–Trinajstić information content (AvgIpc) is 2.61. The Morgan fingerprint density at radius 2 is 2.11 bits per heavy atom. The van der Waals surface area contributed by atoms with Crippen molar-refractivity contribution < 1.29 is 0 Å². The molecular formula is C13H23N5. The van der Waals surface area contributed by atoms with Crippen LogP contribution in [0.4, 0.5) is 11.6 Å². The van der Waals surface area contributed by atoms with E-state index in [9.17, 15) is 0 Å². The number of aryl methyl sites for hydroxylation is 1. The Kier molecular flexibility index (Phi) is 3.43. The molecule has 5 heteroatoms. The lowest BCUT2D eigenvalue weighted by Gasteiger charge is -2.23. The summed E-state index contributed by atoms with van der Waals surface area (Å²) in [6.45, 7) is 10.1. The van der Waals surface area contributed by atoms with Crippen molar-refractivity contribution in [2.75, 3.05) is 23.3 Å². The highest BCUT2D eigenvalue weighted by Crippen LogP contribution is 2.21. The van der Waals surface area contributed by atoms with Crippen molar-refractivity contribution in [3.63, 3.8) is 0 Å². The van der Waals surface area contributed by atoms with E-state index in [2.05, 4.69) is 41.0 Å². The molecule has 1 aliphatic heterocycles. The van der Waals surface area contributed by atoms with Gasteiger partial charge < -0.3 is 16.0 Å². The number of hydrogen-bond acceptors (Lipinski definition) is 5. The van der Waals surface area contributed by atoms with Crippen LogP contribution in [0, 0.1) is 6.92 Å². The number of anilines is 2. The van der Waals surface area contributed by atoms with Crippen molar-refractivity contribution >= 4 is 11.6 Å². The molecule has 18 heavy (non-hydrogen) atoms. The van der Waals surface area contributed by atoms with Crippen LogP contribution in [0.2, 0.25) is 0 Å². The summed E-state index contributed by atoms with van der Waals surface area (Å²) in [5, 5.41) is 3.39. The molecule has 1 aliphatic rings. The Morgan fingerprint density at radius 1 is 1.39 bits per heavy atom. The first-order chi connectivity index (χ1) is 8.33. The van der Waals surface area contributed by atoms with Gasteiger partial charge in [0.2, 0.25) is 0 Å². The standard InChI is InChI=1S/C13H23N5/c1-9-15-11(17-13(2,3)4)7-12(16-9)18-6-5-10(14)8-18/h7,10H,5-6,8,14H2,1-4H3,(H,15,16,17). The third-order valence-corrected chi connectivity index (χ3v) is 2.88. The van der Waals surface area contributed by atoms with Gasteiger partial charge in [-0.05, 0) is 34.1 Å².